The molecule has 0 saturated heterocycles. The lowest BCUT2D eigenvalue weighted by molar-refractivity contribution is -0.254. The number of carbonyl (C=O) groups is 1. The summed E-state index contributed by atoms with van der Waals surface area (Å²) in [6.07, 6.45) is 0.824. The molecule has 3 aromatic rings. The van der Waals surface area contributed by atoms with E-state index in [2.05, 4.69) is 0 Å². The topological polar surface area (TPSA) is 70.3 Å². The lowest BCUT2D eigenvalue weighted by Crippen LogP contribution is -2.23. The van der Waals surface area contributed by atoms with E-state index in [4.69, 9.17) is 4.42 Å². The summed E-state index contributed by atoms with van der Waals surface area (Å²) in [5.41, 5.74) is 1.62. The van der Waals surface area contributed by atoms with Crippen LogP contribution in [-0.2, 0) is 6.42 Å². The number of hydrogen-bond donors (Lipinski definition) is 0. The highest BCUT2D eigenvalue weighted by Crippen LogP contribution is 2.25. The maximum atomic E-state index is 12.3. The maximum absolute atomic E-state index is 12.3. The summed E-state index contributed by atoms with van der Waals surface area (Å²) in [7, 11) is 0. The third-order valence-corrected chi connectivity index (χ3v) is 3.61. The van der Waals surface area contributed by atoms with E-state index >= 15 is 0 Å². The quantitative estimate of drug-likeness (QED) is 0.743. The number of aromatic carboxylic acids is 1. The van der Waals surface area contributed by atoms with Gasteiger partial charge in [-0.05, 0) is 24.1 Å². The number of benzene rings is 2. The van der Waals surface area contributed by atoms with Crippen LogP contribution in [0.5, 0.6) is 0 Å². The normalized spacial score (nSPS) is 10.8. The minimum Gasteiger partial charge on any atom is -0.545 e. The van der Waals surface area contributed by atoms with Crippen LogP contribution in [0.4, 0.5) is 0 Å². The van der Waals surface area contributed by atoms with Crippen molar-refractivity contribution < 1.29 is 14.3 Å². The zero-order valence-electron chi connectivity index (χ0n) is 12.0. The SMILES string of the molecule is CCc1ccc2oc(-c3ccccc3C(=O)[O-])cc(=O)c2c1. The van der Waals surface area contributed by atoms with Crippen molar-refractivity contribution in [1.29, 1.82) is 0 Å². The first-order valence-electron chi connectivity index (χ1n) is 6.97. The third-order valence-electron chi connectivity index (χ3n) is 3.61. The van der Waals surface area contributed by atoms with Gasteiger partial charge in [-0.2, -0.15) is 0 Å². The zero-order valence-corrected chi connectivity index (χ0v) is 12.0. The van der Waals surface area contributed by atoms with Crippen molar-refractivity contribution in [2.75, 3.05) is 0 Å². The molecule has 0 aliphatic rings. The largest absolute Gasteiger partial charge is 0.545 e. The molecule has 0 amide bonds. The van der Waals surface area contributed by atoms with Gasteiger partial charge in [-0.1, -0.05) is 37.3 Å². The molecule has 110 valence electrons. The Balaban J connectivity index is 2.26. The van der Waals surface area contributed by atoms with Crippen LogP contribution in [0.2, 0.25) is 0 Å². The summed E-state index contributed by atoms with van der Waals surface area (Å²) in [6, 6.07) is 13.1. The fourth-order valence-corrected chi connectivity index (χ4v) is 2.43. The molecule has 0 aliphatic carbocycles. The second kappa shape index (κ2) is 5.48. The lowest BCUT2D eigenvalue weighted by Gasteiger charge is -2.10. The van der Waals surface area contributed by atoms with Crippen LogP contribution >= 0.6 is 0 Å². The number of carboxylic acid groups (broad SMARTS) is 1. The van der Waals surface area contributed by atoms with Crippen LogP contribution in [0.25, 0.3) is 22.3 Å². The Bertz CT molecular complexity index is 922. The Morgan fingerprint density at radius 3 is 2.64 bits per heavy atom. The second-order valence-corrected chi connectivity index (χ2v) is 4.99. The number of aryl methyl sites for hydroxylation is 1. The Morgan fingerprint density at radius 2 is 1.91 bits per heavy atom. The minimum absolute atomic E-state index is 0.00446. The third kappa shape index (κ3) is 2.39. The van der Waals surface area contributed by atoms with Gasteiger partial charge in [0.1, 0.15) is 11.3 Å². The van der Waals surface area contributed by atoms with Gasteiger partial charge in [0.15, 0.2) is 5.43 Å². The van der Waals surface area contributed by atoms with E-state index < -0.39 is 5.97 Å². The van der Waals surface area contributed by atoms with Crippen LogP contribution in [0.1, 0.15) is 22.8 Å². The monoisotopic (exact) mass is 293 g/mol. The van der Waals surface area contributed by atoms with Gasteiger partial charge in [-0.15, -0.1) is 0 Å². The highest BCUT2D eigenvalue weighted by atomic mass is 16.4. The van der Waals surface area contributed by atoms with Crippen molar-refractivity contribution in [1.82, 2.24) is 0 Å². The fraction of sp³-hybridized carbons (Fsp3) is 0.111. The predicted molar refractivity (Wildman–Crippen MR) is 81.6 cm³/mol. The van der Waals surface area contributed by atoms with Crippen LogP contribution in [0.3, 0.4) is 0 Å². The van der Waals surface area contributed by atoms with Crippen LogP contribution < -0.4 is 10.5 Å². The van der Waals surface area contributed by atoms with Gasteiger partial charge >= 0.3 is 0 Å². The molecule has 0 bridgehead atoms. The first kappa shape index (κ1) is 14.1. The van der Waals surface area contributed by atoms with E-state index in [1.807, 2.05) is 13.0 Å². The average molecular weight is 293 g/mol. The van der Waals surface area contributed by atoms with E-state index in [9.17, 15) is 14.7 Å². The van der Waals surface area contributed by atoms with Gasteiger partial charge in [-0.25, -0.2) is 0 Å². The summed E-state index contributed by atoms with van der Waals surface area (Å²) >= 11 is 0. The van der Waals surface area contributed by atoms with Gasteiger partial charge in [-0.3, -0.25) is 4.79 Å². The van der Waals surface area contributed by atoms with Gasteiger partial charge in [0.25, 0.3) is 0 Å². The number of hydrogen-bond acceptors (Lipinski definition) is 4. The summed E-state index contributed by atoms with van der Waals surface area (Å²) < 4.78 is 5.73. The molecule has 2 aromatic carbocycles. The van der Waals surface area contributed by atoms with Gasteiger partial charge in [0.2, 0.25) is 0 Å². The zero-order chi connectivity index (χ0) is 15.7. The molecule has 0 atom stereocenters. The molecule has 0 fully saturated rings. The van der Waals surface area contributed by atoms with Crippen LogP contribution in [0, 0.1) is 0 Å². The Morgan fingerprint density at radius 1 is 1.14 bits per heavy atom. The first-order chi connectivity index (χ1) is 10.6. The van der Waals surface area contributed by atoms with E-state index in [0.29, 0.717) is 16.5 Å². The van der Waals surface area contributed by atoms with Gasteiger partial charge in [0, 0.05) is 17.2 Å². The first-order valence-corrected chi connectivity index (χ1v) is 6.97. The number of carboxylic acids is 1. The highest BCUT2D eigenvalue weighted by Gasteiger charge is 2.11. The molecule has 0 saturated carbocycles. The van der Waals surface area contributed by atoms with Crippen molar-refractivity contribution in [2.24, 2.45) is 0 Å². The standard InChI is InChI=1S/C18H14O4/c1-2-11-7-8-16-14(9-11)15(19)10-17(22-16)12-5-3-4-6-13(12)18(20)21/h3-10H,2H2,1H3,(H,20,21)/p-1. The molecule has 1 aromatic heterocycles. The number of carbonyl (C=O) groups excluding carboxylic acids is 1. The average Bonchev–Trinajstić information content (AvgIpc) is 2.54. The molecule has 0 spiro atoms. The Labute approximate surface area is 126 Å². The van der Waals surface area contributed by atoms with Crippen LogP contribution in [0.15, 0.2) is 57.7 Å². The van der Waals surface area contributed by atoms with Gasteiger partial charge < -0.3 is 14.3 Å². The van der Waals surface area contributed by atoms with E-state index in [0.717, 1.165) is 12.0 Å². The fourth-order valence-electron chi connectivity index (χ4n) is 2.43. The molecule has 4 heteroatoms. The van der Waals surface area contributed by atoms with E-state index in [-0.39, 0.29) is 16.8 Å². The molecule has 4 nitrogen and oxygen atoms in total. The summed E-state index contributed by atoms with van der Waals surface area (Å²) in [6.45, 7) is 2.01. The summed E-state index contributed by atoms with van der Waals surface area (Å²) in [5.74, 6) is -1.08. The molecule has 0 radical (unpaired) electrons. The smallest absolute Gasteiger partial charge is 0.193 e. The summed E-state index contributed by atoms with van der Waals surface area (Å²) in [5, 5.41) is 11.7. The molecule has 22 heavy (non-hydrogen) atoms. The Hall–Kier alpha value is -2.88. The highest BCUT2D eigenvalue weighted by molar-refractivity contribution is 5.94. The maximum Gasteiger partial charge on any atom is 0.193 e. The molecule has 0 N–H and O–H groups in total. The second-order valence-electron chi connectivity index (χ2n) is 4.99. The Kier molecular flexibility index (Phi) is 3.51. The van der Waals surface area contributed by atoms with Crippen molar-refractivity contribution in [3.63, 3.8) is 0 Å². The molecule has 3 rings (SSSR count). The van der Waals surface area contributed by atoms with E-state index in [1.54, 1.807) is 30.3 Å². The molecular formula is C18H13O4-. The number of rotatable bonds is 3. The van der Waals surface area contributed by atoms with Crippen LogP contribution in [-0.4, -0.2) is 5.97 Å². The lowest BCUT2D eigenvalue weighted by atomic mass is 10.0. The molecular weight excluding hydrogens is 280 g/mol. The predicted octanol–water partition coefficient (Wildman–Crippen LogP) is 2.39. The number of fused-ring (bicyclic) bond motifs is 1. The minimum atomic E-state index is -1.31. The molecule has 0 aliphatic heterocycles. The molecule has 0 unspecified atom stereocenters. The summed E-state index contributed by atoms with van der Waals surface area (Å²) in [4.78, 5) is 23.5. The van der Waals surface area contributed by atoms with E-state index in [1.165, 1.54) is 12.1 Å². The molecule has 1 heterocycles. The van der Waals surface area contributed by atoms with Gasteiger partial charge in [0.05, 0.1) is 11.4 Å². The van der Waals surface area contributed by atoms with Crippen molar-refractivity contribution in [2.45, 2.75) is 13.3 Å². The van der Waals surface area contributed by atoms with Crippen molar-refractivity contribution in [3.8, 4) is 11.3 Å². The van der Waals surface area contributed by atoms with Crippen molar-refractivity contribution >= 4 is 16.9 Å². The van der Waals surface area contributed by atoms with Crippen molar-refractivity contribution in [3.05, 3.63) is 69.9 Å².